The van der Waals surface area contributed by atoms with Crippen LogP contribution in [0.1, 0.15) is 27.0 Å². The Bertz CT molecular complexity index is 587. The van der Waals surface area contributed by atoms with Crippen LogP contribution in [0.2, 0.25) is 0 Å². The van der Waals surface area contributed by atoms with E-state index in [0.29, 0.717) is 0 Å². The molecule has 0 fully saturated rings. The Kier molecular flexibility index (Phi) is 3.47. The average Bonchev–Trinajstić information content (AvgIpc) is 2.35. The van der Waals surface area contributed by atoms with Crippen LogP contribution in [0.5, 0.6) is 0 Å². The maximum atomic E-state index is 12.2. The van der Waals surface area contributed by atoms with Gasteiger partial charge >= 0.3 is 0 Å². The summed E-state index contributed by atoms with van der Waals surface area (Å²) in [5, 5.41) is 2.96. The molecule has 0 saturated carbocycles. The molecule has 2 heteroatoms. The summed E-state index contributed by atoms with van der Waals surface area (Å²) in [6.45, 7) is 5.93. The molecule has 0 aromatic heterocycles. The molecule has 0 radical (unpaired) electrons. The van der Waals surface area contributed by atoms with Crippen molar-refractivity contribution in [3.63, 3.8) is 0 Å². The largest absolute Gasteiger partial charge is 0.322 e. The van der Waals surface area contributed by atoms with Gasteiger partial charge in [0.15, 0.2) is 0 Å². The number of benzene rings is 2. The van der Waals surface area contributed by atoms with Gasteiger partial charge in [0.05, 0.1) is 0 Å². The molecule has 92 valence electrons. The van der Waals surface area contributed by atoms with Crippen LogP contribution in [-0.4, -0.2) is 5.91 Å². The molecule has 0 spiro atoms. The molecule has 0 aliphatic carbocycles. The average molecular weight is 239 g/mol. The summed E-state index contributed by atoms with van der Waals surface area (Å²) in [6.07, 6.45) is 0. The summed E-state index contributed by atoms with van der Waals surface area (Å²) in [6, 6.07) is 13.7. The topological polar surface area (TPSA) is 29.1 Å². The molecule has 2 rings (SSSR count). The molecule has 0 atom stereocenters. The lowest BCUT2D eigenvalue weighted by atomic mass is 10.0. The van der Waals surface area contributed by atoms with Gasteiger partial charge in [-0.05, 0) is 44.0 Å². The van der Waals surface area contributed by atoms with Crippen LogP contribution < -0.4 is 5.32 Å². The molecule has 18 heavy (non-hydrogen) atoms. The van der Waals surface area contributed by atoms with Crippen molar-refractivity contribution in [1.82, 2.24) is 0 Å². The zero-order chi connectivity index (χ0) is 13.1. The highest BCUT2D eigenvalue weighted by Gasteiger charge is 2.10. The van der Waals surface area contributed by atoms with Crippen LogP contribution in [0.25, 0.3) is 0 Å². The van der Waals surface area contributed by atoms with Crippen molar-refractivity contribution in [1.29, 1.82) is 0 Å². The van der Waals surface area contributed by atoms with Crippen molar-refractivity contribution < 1.29 is 4.79 Å². The van der Waals surface area contributed by atoms with Gasteiger partial charge in [-0.15, -0.1) is 0 Å². The van der Waals surface area contributed by atoms with E-state index in [-0.39, 0.29) is 5.91 Å². The minimum Gasteiger partial charge on any atom is -0.322 e. The van der Waals surface area contributed by atoms with Crippen molar-refractivity contribution in [2.75, 3.05) is 5.32 Å². The van der Waals surface area contributed by atoms with Crippen LogP contribution in [-0.2, 0) is 0 Å². The molecule has 2 nitrogen and oxygen atoms in total. The highest BCUT2D eigenvalue weighted by molar-refractivity contribution is 6.05. The summed E-state index contributed by atoms with van der Waals surface area (Å²) in [7, 11) is 0. The van der Waals surface area contributed by atoms with E-state index in [9.17, 15) is 4.79 Å². The van der Waals surface area contributed by atoms with E-state index in [1.165, 1.54) is 0 Å². The van der Waals surface area contributed by atoms with Gasteiger partial charge in [-0.2, -0.15) is 0 Å². The normalized spacial score (nSPS) is 10.2. The SMILES string of the molecule is Cc1ccc(C)c(C(=O)Nc2ccccc2C)c1. The number of para-hydroxylation sites is 1. The second-order valence-corrected chi connectivity index (χ2v) is 4.59. The third kappa shape index (κ3) is 2.59. The number of rotatable bonds is 2. The van der Waals surface area contributed by atoms with Crippen LogP contribution in [0.4, 0.5) is 5.69 Å². The lowest BCUT2D eigenvalue weighted by Crippen LogP contribution is -2.14. The number of carbonyl (C=O) groups is 1. The van der Waals surface area contributed by atoms with Gasteiger partial charge in [-0.3, -0.25) is 4.79 Å². The predicted octanol–water partition coefficient (Wildman–Crippen LogP) is 3.86. The Morgan fingerprint density at radius 1 is 0.944 bits per heavy atom. The fraction of sp³-hybridized carbons (Fsp3) is 0.188. The van der Waals surface area contributed by atoms with E-state index in [2.05, 4.69) is 5.32 Å². The second-order valence-electron chi connectivity index (χ2n) is 4.59. The van der Waals surface area contributed by atoms with E-state index in [1.54, 1.807) is 0 Å². The summed E-state index contributed by atoms with van der Waals surface area (Å²) < 4.78 is 0. The lowest BCUT2D eigenvalue weighted by molar-refractivity contribution is 0.102. The number of hydrogen-bond acceptors (Lipinski definition) is 1. The number of aryl methyl sites for hydroxylation is 3. The Morgan fingerprint density at radius 2 is 1.67 bits per heavy atom. The van der Waals surface area contributed by atoms with Crippen molar-refractivity contribution in [3.05, 3.63) is 64.7 Å². The Morgan fingerprint density at radius 3 is 2.39 bits per heavy atom. The molecule has 1 amide bonds. The van der Waals surface area contributed by atoms with Gasteiger partial charge in [0, 0.05) is 11.3 Å². The number of amides is 1. The fourth-order valence-electron chi connectivity index (χ4n) is 1.88. The van der Waals surface area contributed by atoms with Gasteiger partial charge in [-0.25, -0.2) is 0 Å². The standard InChI is InChI=1S/C16H17NO/c1-11-8-9-12(2)14(10-11)16(18)17-15-7-5-4-6-13(15)3/h4-10H,1-3H3,(H,17,18). The molecule has 0 aliphatic heterocycles. The zero-order valence-corrected chi connectivity index (χ0v) is 10.9. The summed E-state index contributed by atoms with van der Waals surface area (Å²) in [4.78, 5) is 12.2. The molecule has 0 unspecified atom stereocenters. The monoisotopic (exact) mass is 239 g/mol. The first-order valence-electron chi connectivity index (χ1n) is 6.02. The van der Waals surface area contributed by atoms with Crippen LogP contribution in [0, 0.1) is 20.8 Å². The quantitative estimate of drug-likeness (QED) is 0.847. The van der Waals surface area contributed by atoms with E-state index in [1.807, 2.05) is 63.2 Å². The van der Waals surface area contributed by atoms with Crippen molar-refractivity contribution in [2.45, 2.75) is 20.8 Å². The molecular weight excluding hydrogens is 222 g/mol. The first-order valence-corrected chi connectivity index (χ1v) is 6.02. The minimum atomic E-state index is -0.0505. The van der Waals surface area contributed by atoms with Gasteiger partial charge in [-0.1, -0.05) is 35.9 Å². The molecule has 2 aromatic carbocycles. The molecule has 0 bridgehead atoms. The predicted molar refractivity (Wildman–Crippen MR) is 75.0 cm³/mol. The Labute approximate surface area is 108 Å². The van der Waals surface area contributed by atoms with Crippen molar-refractivity contribution in [2.24, 2.45) is 0 Å². The minimum absolute atomic E-state index is 0.0505. The highest BCUT2D eigenvalue weighted by atomic mass is 16.1. The fourth-order valence-corrected chi connectivity index (χ4v) is 1.88. The molecule has 0 aliphatic rings. The van der Waals surface area contributed by atoms with Crippen LogP contribution >= 0.6 is 0 Å². The van der Waals surface area contributed by atoms with E-state index >= 15 is 0 Å². The third-order valence-corrected chi connectivity index (χ3v) is 3.03. The van der Waals surface area contributed by atoms with E-state index in [0.717, 1.165) is 27.9 Å². The van der Waals surface area contributed by atoms with Gasteiger partial charge in [0.2, 0.25) is 0 Å². The first kappa shape index (κ1) is 12.4. The molecular formula is C16H17NO. The van der Waals surface area contributed by atoms with E-state index < -0.39 is 0 Å². The molecule has 2 aromatic rings. The van der Waals surface area contributed by atoms with Crippen molar-refractivity contribution >= 4 is 11.6 Å². The second kappa shape index (κ2) is 5.05. The zero-order valence-electron chi connectivity index (χ0n) is 10.9. The number of carbonyl (C=O) groups excluding carboxylic acids is 1. The Balaban J connectivity index is 2.28. The first-order chi connectivity index (χ1) is 8.58. The maximum Gasteiger partial charge on any atom is 0.255 e. The van der Waals surface area contributed by atoms with Gasteiger partial charge in [0.25, 0.3) is 5.91 Å². The van der Waals surface area contributed by atoms with Crippen LogP contribution in [0.15, 0.2) is 42.5 Å². The van der Waals surface area contributed by atoms with Gasteiger partial charge < -0.3 is 5.32 Å². The number of anilines is 1. The number of nitrogens with one attached hydrogen (secondary N) is 1. The summed E-state index contributed by atoms with van der Waals surface area (Å²) >= 11 is 0. The molecule has 0 heterocycles. The summed E-state index contributed by atoms with van der Waals surface area (Å²) in [5.74, 6) is -0.0505. The third-order valence-electron chi connectivity index (χ3n) is 3.03. The van der Waals surface area contributed by atoms with E-state index in [4.69, 9.17) is 0 Å². The Hall–Kier alpha value is -2.09. The smallest absolute Gasteiger partial charge is 0.255 e. The van der Waals surface area contributed by atoms with Crippen molar-refractivity contribution in [3.8, 4) is 0 Å². The maximum absolute atomic E-state index is 12.2. The lowest BCUT2D eigenvalue weighted by Gasteiger charge is -2.10. The van der Waals surface area contributed by atoms with Gasteiger partial charge in [0.1, 0.15) is 0 Å². The molecule has 0 saturated heterocycles. The number of hydrogen-bond donors (Lipinski definition) is 1. The summed E-state index contributed by atoms with van der Waals surface area (Å²) in [5.41, 5.74) is 4.75. The van der Waals surface area contributed by atoms with Crippen LogP contribution in [0.3, 0.4) is 0 Å². The molecule has 1 N–H and O–H groups in total. The highest BCUT2D eigenvalue weighted by Crippen LogP contribution is 2.17.